The van der Waals surface area contributed by atoms with E-state index in [4.69, 9.17) is 9.84 Å². The Hall–Kier alpha value is -1.12. The van der Waals surface area contributed by atoms with Gasteiger partial charge in [0.25, 0.3) is 0 Å². The van der Waals surface area contributed by atoms with Crippen LogP contribution in [0.25, 0.3) is 6.08 Å². The molecule has 1 rings (SSSR count). The summed E-state index contributed by atoms with van der Waals surface area (Å²) in [6.07, 6.45) is 3.97. The SMILES string of the molecule is COCC(/C=C/c1ccccc1)CO. The Morgan fingerprint density at radius 1 is 1.36 bits per heavy atom. The number of ether oxygens (including phenoxy) is 1. The summed E-state index contributed by atoms with van der Waals surface area (Å²) >= 11 is 0. The molecule has 0 aliphatic heterocycles. The van der Waals surface area contributed by atoms with Gasteiger partial charge in [0.05, 0.1) is 13.2 Å². The molecule has 0 radical (unpaired) electrons. The lowest BCUT2D eigenvalue weighted by Gasteiger charge is -2.06. The molecule has 1 atom stereocenters. The molecule has 0 saturated carbocycles. The first-order valence-electron chi connectivity index (χ1n) is 4.70. The van der Waals surface area contributed by atoms with Gasteiger partial charge in [-0.3, -0.25) is 0 Å². The van der Waals surface area contributed by atoms with E-state index in [0.29, 0.717) is 6.61 Å². The Labute approximate surface area is 84.8 Å². The minimum atomic E-state index is 0.0835. The van der Waals surface area contributed by atoms with Crippen LogP contribution in [0.2, 0.25) is 0 Å². The van der Waals surface area contributed by atoms with Crippen molar-refractivity contribution in [1.82, 2.24) is 0 Å². The van der Waals surface area contributed by atoms with Crippen molar-refractivity contribution in [2.75, 3.05) is 20.3 Å². The number of aliphatic hydroxyl groups is 1. The Morgan fingerprint density at radius 3 is 2.64 bits per heavy atom. The molecule has 0 heterocycles. The van der Waals surface area contributed by atoms with Crippen molar-refractivity contribution in [2.24, 2.45) is 5.92 Å². The van der Waals surface area contributed by atoms with Crippen LogP contribution in [0.4, 0.5) is 0 Å². The van der Waals surface area contributed by atoms with Gasteiger partial charge in [0.2, 0.25) is 0 Å². The molecule has 76 valence electrons. The fourth-order valence-corrected chi connectivity index (χ4v) is 1.19. The minimum absolute atomic E-state index is 0.0835. The third-order valence-corrected chi connectivity index (χ3v) is 1.98. The molecule has 1 unspecified atom stereocenters. The predicted octanol–water partition coefficient (Wildman–Crippen LogP) is 1.95. The highest BCUT2D eigenvalue weighted by Crippen LogP contribution is 2.05. The summed E-state index contributed by atoms with van der Waals surface area (Å²) in [6, 6.07) is 10.0. The summed E-state index contributed by atoms with van der Waals surface area (Å²) in [7, 11) is 1.64. The van der Waals surface area contributed by atoms with Gasteiger partial charge in [0.1, 0.15) is 0 Å². The van der Waals surface area contributed by atoms with Gasteiger partial charge in [-0.15, -0.1) is 0 Å². The van der Waals surface area contributed by atoms with Crippen LogP contribution in [0, 0.1) is 5.92 Å². The molecule has 0 saturated heterocycles. The number of hydrogen-bond donors (Lipinski definition) is 1. The molecule has 0 bridgehead atoms. The molecule has 2 heteroatoms. The smallest absolute Gasteiger partial charge is 0.0547 e. The molecule has 0 aliphatic rings. The largest absolute Gasteiger partial charge is 0.396 e. The maximum Gasteiger partial charge on any atom is 0.0547 e. The molecule has 0 aromatic heterocycles. The maximum absolute atomic E-state index is 9.00. The zero-order valence-electron chi connectivity index (χ0n) is 8.39. The van der Waals surface area contributed by atoms with Gasteiger partial charge < -0.3 is 9.84 Å². The van der Waals surface area contributed by atoms with Crippen LogP contribution in [-0.2, 0) is 4.74 Å². The average molecular weight is 192 g/mol. The molecule has 0 fully saturated rings. The van der Waals surface area contributed by atoms with Gasteiger partial charge in [0, 0.05) is 13.0 Å². The van der Waals surface area contributed by atoms with Crippen LogP contribution in [-0.4, -0.2) is 25.4 Å². The Bertz CT molecular complexity index is 267. The van der Waals surface area contributed by atoms with Gasteiger partial charge in [-0.2, -0.15) is 0 Å². The van der Waals surface area contributed by atoms with Gasteiger partial charge in [-0.05, 0) is 5.56 Å². The Kier molecular flexibility index (Phi) is 4.97. The molecular weight excluding hydrogens is 176 g/mol. The van der Waals surface area contributed by atoms with E-state index in [1.807, 2.05) is 42.5 Å². The van der Waals surface area contributed by atoms with Gasteiger partial charge in [-0.1, -0.05) is 42.5 Å². The highest BCUT2D eigenvalue weighted by molar-refractivity contribution is 5.48. The monoisotopic (exact) mass is 192 g/mol. The molecular formula is C12H16O2. The van der Waals surface area contributed by atoms with Crippen LogP contribution in [0.3, 0.4) is 0 Å². The lowest BCUT2D eigenvalue weighted by molar-refractivity contribution is 0.132. The van der Waals surface area contributed by atoms with Crippen LogP contribution >= 0.6 is 0 Å². The summed E-state index contributed by atoms with van der Waals surface area (Å²) in [5.74, 6) is 0.0835. The summed E-state index contributed by atoms with van der Waals surface area (Å²) in [6.45, 7) is 0.678. The van der Waals surface area contributed by atoms with E-state index in [1.165, 1.54) is 0 Å². The molecule has 1 N–H and O–H groups in total. The second-order valence-electron chi connectivity index (χ2n) is 3.17. The Morgan fingerprint density at radius 2 is 2.07 bits per heavy atom. The molecule has 0 amide bonds. The summed E-state index contributed by atoms with van der Waals surface area (Å²) in [5, 5.41) is 9.00. The molecule has 1 aromatic rings. The van der Waals surface area contributed by atoms with Crippen molar-refractivity contribution in [3.63, 3.8) is 0 Å². The topological polar surface area (TPSA) is 29.5 Å². The second-order valence-corrected chi connectivity index (χ2v) is 3.17. The predicted molar refractivity (Wildman–Crippen MR) is 57.9 cm³/mol. The zero-order chi connectivity index (χ0) is 10.2. The fourth-order valence-electron chi connectivity index (χ4n) is 1.19. The standard InChI is InChI=1S/C12H16O2/c1-14-10-12(9-13)8-7-11-5-3-2-4-6-11/h2-8,12-13H,9-10H2,1H3/b8-7+. The first-order chi connectivity index (χ1) is 6.86. The van der Waals surface area contributed by atoms with Crippen molar-refractivity contribution < 1.29 is 9.84 Å². The Balaban J connectivity index is 2.53. The van der Waals surface area contributed by atoms with Crippen molar-refractivity contribution in [3.05, 3.63) is 42.0 Å². The minimum Gasteiger partial charge on any atom is -0.396 e. The second kappa shape index (κ2) is 6.35. The maximum atomic E-state index is 9.00. The van der Waals surface area contributed by atoms with Crippen molar-refractivity contribution >= 4 is 6.08 Å². The van der Waals surface area contributed by atoms with E-state index in [2.05, 4.69) is 0 Å². The quantitative estimate of drug-likeness (QED) is 0.772. The summed E-state index contributed by atoms with van der Waals surface area (Å²) in [5.41, 5.74) is 1.14. The van der Waals surface area contributed by atoms with Crippen LogP contribution in [0.15, 0.2) is 36.4 Å². The normalized spacial score (nSPS) is 13.3. The molecule has 0 aliphatic carbocycles. The molecule has 2 nitrogen and oxygen atoms in total. The summed E-state index contributed by atoms with van der Waals surface area (Å²) < 4.78 is 4.97. The molecule has 0 spiro atoms. The van der Waals surface area contributed by atoms with Crippen LogP contribution in [0.5, 0.6) is 0 Å². The summed E-state index contributed by atoms with van der Waals surface area (Å²) in [4.78, 5) is 0. The highest BCUT2D eigenvalue weighted by Gasteiger charge is 2.00. The fraction of sp³-hybridized carbons (Fsp3) is 0.333. The van der Waals surface area contributed by atoms with Gasteiger partial charge in [-0.25, -0.2) is 0 Å². The van der Waals surface area contributed by atoms with Gasteiger partial charge >= 0.3 is 0 Å². The number of benzene rings is 1. The molecule has 14 heavy (non-hydrogen) atoms. The van der Waals surface area contributed by atoms with Crippen LogP contribution < -0.4 is 0 Å². The van der Waals surface area contributed by atoms with E-state index in [0.717, 1.165) is 5.56 Å². The first kappa shape index (κ1) is 11.0. The zero-order valence-corrected chi connectivity index (χ0v) is 8.39. The number of methoxy groups -OCH3 is 1. The van der Waals surface area contributed by atoms with Gasteiger partial charge in [0.15, 0.2) is 0 Å². The lowest BCUT2D eigenvalue weighted by Crippen LogP contribution is -2.09. The lowest BCUT2D eigenvalue weighted by atomic mass is 10.1. The average Bonchev–Trinajstić information content (AvgIpc) is 2.25. The van der Waals surface area contributed by atoms with E-state index in [1.54, 1.807) is 7.11 Å². The van der Waals surface area contributed by atoms with E-state index >= 15 is 0 Å². The third-order valence-electron chi connectivity index (χ3n) is 1.98. The molecule has 1 aromatic carbocycles. The number of rotatable bonds is 5. The number of aliphatic hydroxyl groups excluding tert-OH is 1. The van der Waals surface area contributed by atoms with E-state index in [9.17, 15) is 0 Å². The highest BCUT2D eigenvalue weighted by atomic mass is 16.5. The van der Waals surface area contributed by atoms with Crippen molar-refractivity contribution in [2.45, 2.75) is 0 Å². The van der Waals surface area contributed by atoms with Crippen LogP contribution in [0.1, 0.15) is 5.56 Å². The number of hydrogen-bond acceptors (Lipinski definition) is 2. The van der Waals surface area contributed by atoms with Crippen molar-refractivity contribution in [1.29, 1.82) is 0 Å². The van der Waals surface area contributed by atoms with E-state index in [-0.39, 0.29) is 12.5 Å². The first-order valence-corrected chi connectivity index (χ1v) is 4.70. The van der Waals surface area contributed by atoms with Crippen molar-refractivity contribution in [3.8, 4) is 0 Å². The van der Waals surface area contributed by atoms with E-state index < -0.39 is 0 Å². The third kappa shape index (κ3) is 3.73.